The first-order valence-electron chi connectivity index (χ1n) is 8.70. The molecule has 4 N–H and O–H groups in total. The van der Waals surface area contributed by atoms with Gasteiger partial charge >= 0.3 is 6.09 Å². The van der Waals surface area contributed by atoms with Gasteiger partial charge in [0.25, 0.3) is 5.91 Å². The summed E-state index contributed by atoms with van der Waals surface area (Å²) in [5.41, 5.74) is 5.53. The molecular formula is C18H26N4O3S. The number of amides is 2. The molecular weight excluding hydrogens is 352 g/mol. The molecule has 0 radical (unpaired) electrons. The first-order valence-corrected chi connectivity index (χ1v) is 9.11. The van der Waals surface area contributed by atoms with Gasteiger partial charge in [-0.05, 0) is 64.0 Å². The number of ether oxygens (including phenoxy) is 1. The van der Waals surface area contributed by atoms with Crippen LogP contribution in [0.1, 0.15) is 56.8 Å². The Morgan fingerprint density at radius 2 is 1.85 bits per heavy atom. The Bertz CT molecular complexity index is 667. The minimum atomic E-state index is -0.592. The number of anilines is 1. The molecule has 0 saturated heterocycles. The number of hydrazine groups is 1. The fourth-order valence-electron chi connectivity index (χ4n) is 2.64. The van der Waals surface area contributed by atoms with E-state index in [1.807, 2.05) is 0 Å². The van der Waals surface area contributed by atoms with E-state index < -0.39 is 11.7 Å². The molecule has 2 amide bonds. The molecule has 26 heavy (non-hydrogen) atoms. The summed E-state index contributed by atoms with van der Waals surface area (Å²) in [7, 11) is 0. The van der Waals surface area contributed by atoms with Crippen LogP contribution in [0, 0.1) is 0 Å². The monoisotopic (exact) mass is 378 g/mol. The smallest absolute Gasteiger partial charge is 0.412 e. The lowest BCUT2D eigenvalue weighted by Crippen LogP contribution is -2.49. The Morgan fingerprint density at radius 1 is 1.15 bits per heavy atom. The van der Waals surface area contributed by atoms with E-state index in [2.05, 4.69) is 21.5 Å². The van der Waals surface area contributed by atoms with E-state index >= 15 is 0 Å². The fourth-order valence-corrected chi connectivity index (χ4v) is 2.85. The minimum absolute atomic E-state index is 0.353. The molecule has 0 unspecified atom stereocenters. The maximum absolute atomic E-state index is 12.2. The van der Waals surface area contributed by atoms with Gasteiger partial charge in [0, 0.05) is 17.3 Å². The van der Waals surface area contributed by atoms with Crippen LogP contribution in [0.5, 0.6) is 0 Å². The highest BCUT2D eigenvalue weighted by Gasteiger charge is 2.17. The summed E-state index contributed by atoms with van der Waals surface area (Å²) >= 11 is 5.18. The molecule has 1 aliphatic carbocycles. The average Bonchev–Trinajstić information content (AvgIpc) is 3.03. The fraction of sp³-hybridized carbons (Fsp3) is 0.500. The van der Waals surface area contributed by atoms with Gasteiger partial charge in [-0.1, -0.05) is 18.9 Å². The lowest BCUT2D eigenvalue weighted by Gasteiger charge is -2.19. The number of rotatable bonds is 3. The van der Waals surface area contributed by atoms with Crippen molar-refractivity contribution in [3.63, 3.8) is 0 Å². The van der Waals surface area contributed by atoms with Crippen LogP contribution < -0.4 is 21.5 Å². The quantitative estimate of drug-likeness (QED) is 0.477. The first kappa shape index (κ1) is 20.0. The lowest BCUT2D eigenvalue weighted by atomic mass is 10.2. The van der Waals surface area contributed by atoms with Crippen LogP contribution in [0.4, 0.5) is 10.5 Å². The molecule has 0 atom stereocenters. The van der Waals surface area contributed by atoms with Crippen molar-refractivity contribution in [1.29, 1.82) is 0 Å². The number of thiocarbonyl (C=S) groups is 1. The van der Waals surface area contributed by atoms with Gasteiger partial charge in [-0.2, -0.15) is 0 Å². The Hall–Kier alpha value is -2.35. The van der Waals surface area contributed by atoms with Gasteiger partial charge in [-0.15, -0.1) is 0 Å². The van der Waals surface area contributed by atoms with Gasteiger partial charge in [-0.25, -0.2) is 4.79 Å². The van der Waals surface area contributed by atoms with Gasteiger partial charge in [0.05, 0.1) is 0 Å². The van der Waals surface area contributed by atoms with E-state index in [9.17, 15) is 9.59 Å². The molecule has 2 rings (SSSR count). The maximum Gasteiger partial charge on any atom is 0.412 e. The summed E-state index contributed by atoms with van der Waals surface area (Å²) in [5.74, 6) is -0.353. The zero-order valence-corrected chi connectivity index (χ0v) is 16.2. The van der Waals surface area contributed by atoms with Gasteiger partial charge < -0.3 is 10.1 Å². The molecule has 0 bridgehead atoms. The molecule has 1 saturated carbocycles. The minimum Gasteiger partial charge on any atom is -0.444 e. The van der Waals surface area contributed by atoms with Crippen molar-refractivity contribution >= 4 is 35.0 Å². The molecule has 1 aromatic rings. The molecule has 7 nitrogen and oxygen atoms in total. The number of carbonyl (C=O) groups excluding carboxylic acids is 2. The summed E-state index contributed by atoms with van der Waals surface area (Å²) in [6.45, 7) is 5.35. The van der Waals surface area contributed by atoms with Crippen LogP contribution in [0.25, 0.3) is 0 Å². The van der Waals surface area contributed by atoms with E-state index in [1.54, 1.807) is 45.0 Å². The third-order valence-electron chi connectivity index (χ3n) is 3.75. The van der Waals surface area contributed by atoms with Gasteiger partial charge in [0.1, 0.15) is 5.60 Å². The van der Waals surface area contributed by atoms with Crippen molar-refractivity contribution in [2.45, 2.75) is 58.1 Å². The second-order valence-electron chi connectivity index (χ2n) is 7.24. The van der Waals surface area contributed by atoms with Gasteiger partial charge in [-0.3, -0.25) is 21.0 Å². The number of nitrogens with one attached hydrogen (secondary N) is 4. The summed E-state index contributed by atoms with van der Waals surface area (Å²) < 4.78 is 5.20. The Balaban J connectivity index is 1.84. The predicted molar refractivity (Wildman–Crippen MR) is 105 cm³/mol. The molecule has 1 aliphatic rings. The van der Waals surface area contributed by atoms with Crippen LogP contribution in [0.2, 0.25) is 0 Å². The standard InChI is InChI=1S/C18H26N4O3S/c1-18(2,3)25-17(24)20-14-10-6-7-12(11-14)15(23)21-22-16(26)19-13-8-4-5-9-13/h6-7,10-11,13H,4-5,8-9H2,1-3H3,(H,20,24)(H,21,23)(H2,19,22,26). The van der Waals surface area contributed by atoms with Gasteiger partial charge in [0.15, 0.2) is 5.11 Å². The molecule has 1 aromatic carbocycles. The third kappa shape index (κ3) is 6.87. The van der Waals surface area contributed by atoms with Crippen LogP contribution >= 0.6 is 12.2 Å². The Morgan fingerprint density at radius 3 is 2.50 bits per heavy atom. The molecule has 0 spiro atoms. The summed E-state index contributed by atoms with van der Waals surface area (Å²) in [6, 6.07) is 6.93. The topological polar surface area (TPSA) is 91.5 Å². The predicted octanol–water partition coefficient (Wildman–Crippen LogP) is 3.09. The Kier molecular flexibility index (Phi) is 6.79. The van der Waals surface area contributed by atoms with E-state index in [-0.39, 0.29) is 5.91 Å². The van der Waals surface area contributed by atoms with Crippen LogP contribution in [0.3, 0.4) is 0 Å². The summed E-state index contributed by atoms with van der Waals surface area (Å²) in [6.07, 6.45) is 4.01. The van der Waals surface area contributed by atoms with E-state index in [0.717, 1.165) is 12.8 Å². The average molecular weight is 378 g/mol. The zero-order chi connectivity index (χ0) is 19.2. The normalized spacial score (nSPS) is 14.4. The molecule has 0 aliphatic heterocycles. The number of carbonyl (C=O) groups is 2. The highest BCUT2D eigenvalue weighted by molar-refractivity contribution is 7.80. The van der Waals surface area contributed by atoms with Crippen molar-refractivity contribution < 1.29 is 14.3 Å². The maximum atomic E-state index is 12.2. The first-order chi connectivity index (χ1) is 12.2. The Labute approximate surface area is 159 Å². The zero-order valence-electron chi connectivity index (χ0n) is 15.3. The molecule has 142 valence electrons. The number of benzene rings is 1. The molecule has 0 aromatic heterocycles. The largest absolute Gasteiger partial charge is 0.444 e. The third-order valence-corrected chi connectivity index (χ3v) is 3.97. The van der Waals surface area contributed by atoms with E-state index in [0.29, 0.717) is 22.4 Å². The van der Waals surface area contributed by atoms with Crippen LogP contribution in [-0.2, 0) is 4.74 Å². The van der Waals surface area contributed by atoms with Crippen LogP contribution in [-0.4, -0.2) is 28.8 Å². The second-order valence-corrected chi connectivity index (χ2v) is 7.65. The van der Waals surface area contributed by atoms with Crippen LogP contribution in [0.15, 0.2) is 24.3 Å². The molecule has 0 heterocycles. The molecule has 1 fully saturated rings. The van der Waals surface area contributed by atoms with Crippen molar-refractivity contribution in [3.8, 4) is 0 Å². The number of hydrogen-bond acceptors (Lipinski definition) is 4. The lowest BCUT2D eigenvalue weighted by molar-refractivity contribution is 0.0635. The SMILES string of the molecule is CC(C)(C)OC(=O)Nc1cccc(C(=O)NNC(=S)NC2CCCC2)c1. The van der Waals surface area contributed by atoms with Crippen molar-refractivity contribution in [2.75, 3.05) is 5.32 Å². The van der Waals surface area contributed by atoms with Gasteiger partial charge in [0.2, 0.25) is 0 Å². The van der Waals surface area contributed by atoms with Crippen molar-refractivity contribution in [1.82, 2.24) is 16.2 Å². The van der Waals surface area contributed by atoms with Crippen molar-refractivity contribution in [2.24, 2.45) is 0 Å². The summed E-state index contributed by atoms with van der Waals surface area (Å²) in [4.78, 5) is 24.1. The second kappa shape index (κ2) is 8.84. The highest BCUT2D eigenvalue weighted by Crippen LogP contribution is 2.17. The molecule has 8 heteroatoms. The van der Waals surface area contributed by atoms with E-state index in [4.69, 9.17) is 17.0 Å². The summed E-state index contributed by atoms with van der Waals surface area (Å²) in [5, 5.41) is 6.18. The van der Waals surface area contributed by atoms with E-state index in [1.165, 1.54) is 12.8 Å². The number of hydrogen-bond donors (Lipinski definition) is 4. The highest BCUT2D eigenvalue weighted by atomic mass is 32.1. The van der Waals surface area contributed by atoms with Crippen molar-refractivity contribution in [3.05, 3.63) is 29.8 Å².